The van der Waals surface area contributed by atoms with E-state index >= 15 is 0 Å². The van der Waals surface area contributed by atoms with Crippen LogP contribution in [-0.4, -0.2) is 73.4 Å². The number of unbranched alkanes of at least 4 members (excludes halogenated alkanes) is 20. The first-order valence-corrected chi connectivity index (χ1v) is 22.2. The van der Waals surface area contributed by atoms with E-state index in [0.717, 1.165) is 70.6 Å². The highest BCUT2D eigenvalue weighted by Crippen LogP contribution is 2.43. The van der Waals surface area contributed by atoms with E-state index in [0.29, 0.717) is 23.9 Å². The van der Waals surface area contributed by atoms with Crippen molar-refractivity contribution in [1.29, 1.82) is 0 Å². The number of hydrogen-bond donors (Lipinski definition) is 3. The molecule has 1 amide bonds. The van der Waals surface area contributed by atoms with Gasteiger partial charge in [0.05, 0.1) is 39.9 Å². The number of rotatable bonds is 37. The second-order valence-electron chi connectivity index (χ2n) is 15.4. The summed E-state index contributed by atoms with van der Waals surface area (Å²) in [5.41, 5.74) is 0. The molecular weight excluding hydrogens is 647 g/mol. The number of phosphoric acid groups is 1. The highest BCUT2D eigenvalue weighted by molar-refractivity contribution is 7.47. The number of hydrogen-bond acceptors (Lipinski definition) is 5. The summed E-state index contributed by atoms with van der Waals surface area (Å²) >= 11 is 0. The smallest absolute Gasteiger partial charge is 0.391 e. The third kappa shape index (κ3) is 35.4. The van der Waals surface area contributed by atoms with Gasteiger partial charge in [-0.1, -0.05) is 160 Å². The number of likely N-dealkylation sites (N-methyl/N-ethyl adjacent to an activating group) is 1. The van der Waals surface area contributed by atoms with Crippen molar-refractivity contribution in [3.8, 4) is 0 Å². The van der Waals surface area contributed by atoms with Gasteiger partial charge in [0.25, 0.3) is 0 Å². The monoisotopic (exact) mass is 730 g/mol. The number of carbonyl (C=O) groups excluding carboxylic acids is 1. The SMILES string of the molecule is CCC/C=C\C/C=C\CCCCCCCC(=O)NC(COP(=O)(O)OCC[N+](C)(C)C)C(O)CCCCCCCCCCCCCCCCC. The minimum absolute atomic E-state index is 0.0721. The lowest BCUT2D eigenvalue weighted by atomic mass is 10.0. The van der Waals surface area contributed by atoms with Gasteiger partial charge in [0.15, 0.2) is 0 Å². The van der Waals surface area contributed by atoms with Crippen LogP contribution in [0.3, 0.4) is 0 Å². The number of aliphatic hydroxyl groups is 1. The van der Waals surface area contributed by atoms with Gasteiger partial charge in [-0.15, -0.1) is 0 Å². The van der Waals surface area contributed by atoms with Crippen molar-refractivity contribution in [1.82, 2.24) is 5.32 Å². The molecule has 0 aliphatic heterocycles. The molecule has 0 bridgehead atoms. The van der Waals surface area contributed by atoms with Crippen molar-refractivity contribution >= 4 is 13.7 Å². The number of nitrogens with one attached hydrogen (secondary N) is 1. The average Bonchev–Trinajstić information content (AvgIpc) is 3.06. The molecule has 0 aliphatic carbocycles. The second kappa shape index (κ2) is 33.8. The first-order chi connectivity index (χ1) is 24.0. The summed E-state index contributed by atoms with van der Waals surface area (Å²) in [4.78, 5) is 23.1. The van der Waals surface area contributed by atoms with Gasteiger partial charge >= 0.3 is 7.82 Å². The Hall–Kier alpha value is -1.02. The molecule has 0 saturated carbocycles. The zero-order chi connectivity index (χ0) is 37.2. The summed E-state index contributed by atoms with van der Waals surface area (Å²) < 4.78 is 23.6. The summed E-state index contributed by atoms with van der Waals surface area (Å²) in [6, 6.07) is -0.764. The molecule has 0 rings (SSSR count). The zero-order valence-corrected chi connectivity index (χ0v) is 34.3. The number of allylic oxidation sites excluding steroid dienone is 4. The largest absolute Gasteiger partial charge is 0.472 e. The Bertz CT molecular complexity index is 876. The quantitative estimate of drug-likeness (QED) is 0.0254. The van der Waals surface area contributed by atoms with Gasteiger partial charge in [0, 0.05) is 6.42 Å². The number of phosphoric ester groups is 1. The lowest BCUT2D eigenvalue weighted by Gasteiger charge is -2.26. The standard InChI is InChI=1S/C41H81N2O6P/c1-6-8-10-12-14-16-18-20-21-23-24-26-28-30-32-34-40(44)39(38-49-50(46,47)48-37-36-43(3,4)5)42-41(45)35-33-31-29-27-25-22-19-17-15-13-11-9-7-2/h11,13,17,19,39-40,44H,6-10,12,14-16,18,20-38H2,1-5H3,(H-,42,45,46,47)/p+1/b13-11-,19-17-. The van der Waals surface area contributed by atoms with Gasteiger partial charge in [-0.2, -0.15) is 0 Å². The number of quaternary nitrogens is 1. The third-order valence-corrected chi connectivity index (χ3v) is 10.2. The van der Waals surface area contributed by atoms with E-state index in [1.54, 1.807) is 0 Å². The van der Waals surface area contributed by atoms with Gasteiger partial charge in [-0.05, 0) is 38.5 Å². The van der Waals surface area contributed by atoms with E-state index in [1.807, 2.05) is 21.1 Å². The number of amides is 1. The minimum Gasteiger partial charge on any atom is -0.391 e. The third-order valence-electron chi connectivity index (χ3n) is 9.18. The average molecular weight is 730 g/mol. The summed E-state index contributed by atoms with van der Waals surface area (Å²) in [6.07, 6.45) is 37.6. The van der Waals surface area contributed by atoms with Gasteiger partial charge in [0.2, 0.25) is 5.91 Å². The molecule has 0 aromatic heterocycles. The highest BCUT2D eigenvalue weighted by Gasteiger charge is 2.28. The second-order valence-corrected chi connectivity index (χ2v) is 16.8. The maximum absolute atomic E-state index is 12.8. The predicted octanol–water partition coefficient (Wildman–Crippen LogP) is 11.0. The van der Waals surface area contributed by atoms with E-state index in [4.69, 9.17) is 9.05 Å². The minimum atomic E-state index is -4.31. The number of aliphatic hydroxyl groups excluding tert-OH is 1. The molecule has 3 unspecified atom stereocenters. The molecule has 3 atom stereocenters. The van der Waals surface area contributed by atoms with Gasteiger partial charge in [0.1, 0.15) is 13.2 Å². The van der Waals surface area contributed by atoms with E-state index < -0.39 is 20.0 Å². The van der Waals surface area contributed by atoms with E-state index in [1.165, 1.54) is 83.5 Å². The summed E-state index contributed by atoms with van der Waals surface area (Å²) in [5.74, 6) is -0.160. The van der Waals surface area contributed by atoms with Crippen LogP contribution in [0.2, 0.25) is 0 Å². The van der Waals surface area contributed by atoms with Crippen LogP contribution in [0.25, 0.3) is 0 Å². The Labute approximate surface area is 309 Å². The van der Waals surface area contributed by atoms with Gasteiger partial charge < -0.3 is 19.8 Å². The van der Waals surface area contributed by atoms with Crippen molar-refractivity contribution in [2.75, 3.05) is 40.9 Å². The van der Waals surface area contributed by atoms with E-state index in [2.05, 4.69) is 43.5 Å². The lowest BCUT2D eigenvalue weighted by molar-refractivity contribution is -0.870. The molecule has 0 aromatic rings. The molecule has 0 aromatic carbocycles. The zero-order valence-electron chi connectivity index (χ0n) is 33.4. The van der Waals surface area contributed by atoms with Crippen molar-refractivity contribution in [3.63, 3.8) is 0 Å². The topological polar surface area (TPSA) is 105 Å². The maximum Gasteiger partial charge on any atom is 0.472 e. The van der Waals surface area contributed by atoms with Crippen molar-refractivity contribution in [2.24, 2.45) is 0 Å². The molecular formula is C41H82N2O6P+. The van der Waals surface area contributed by atoms with Crippen molar-refractivity contribution in [3.05, 3.63) is 24.3 Å². The Balaban J connectivity index is 4.43. The summed E-state index contributed by atoms with van der Waals surface area (Å²) in [5, 5.41) is 13.9. The van der Waals surface area contributed by atoms with Crippen LogP contribution in [0, 0.1) is 0 Å². The maximum atomic E-state index is 12.8. The number of nitrogens with zero attached hydrogens (tertiary/aromatic N) is 1. The molecule has 0 saturated heterocycles. The lowest BCUT2D eigenvalue weighted by Crippen LogP contribution is -2.46. The first kappa shape index (κ1) is 49.0. The molecule has 0 heterocycles. The predicted molar refractivity (Wildman–Crippen MR) is 212 cm³/mol. The Kier molecular flexibility index (Phi) is 33.1. The van der Waals surface area contributed by atoms with E-state index in [-0.39, 0.29) is 19.1 Å². The molecule has 0 aliphatic rings. The molecule has 296 valence electrons. The fraction of sp³-hybridized carbons (Fsp3) is 0.878. The Morgan fingerprint density at radius 2 is 1.18 bits per heavy atom. The van der Waals surface area contributed by atoms with Gasteiger partial charge in [-0.25, -0.2) is 4.57 Å². The fourth-order valence-electron chi connectivity index (χ4n) is 5.85. The summed E-state index contributed by atoms with van der Waals surface area (Å²) in [7, 11) is 1.60. The molecule has 0 fully saturated rings. The fourth-order valence-corrected chi connectivity index (χ4v) is 6.58. The van der Waals surface area contributed by atoms with Crippen LogP contribution in [-0.2, 0) is 18.4 Å². The molecule has 8 nitrogen and oxygen atoms in total. The first-order valence-electron chi connectivity index (χ1n) is 20.7. The summed E-state index contributed by atoms with van der Waals surface area (Å²) in [6.45, 7) is 4.80. The van der Waals surface area contributed by atoms with Crippen LogP contribution in [0.5, 0.6) is 0 Å². The van der Waals surface area contributed by atoms with Crippen LogP contribution in [0.15, 0.2) is 24.3 Å². The van der Waals surface area contributed by atoms with Crippen LogP contribution >= 0.6 is 7.82 Å². The molecule has 9 heteroatoms. The molecule has 0 radical (unpaired) electrons. The highest BCUT2D eigenvalue weighted by atomic mass is 31.2. The van der Waals surface area contributed by atoms with Crippen LogP contribution in [0.1, 0.15) is 181 Å². The van der Waals surface area contributed by atoms with Crippen LogP contribution < -0.4 is 5.32 Å². The van der Waals surface area contributed by atoms with E-state index in [9.17, 15) is 19.4 Å². The van der Waals surface area contributed by atoms with Gasteiger partial charge in [-0.3, -0.25) is 13.8 Å². The normalized spacial score (nSPS) is 14.8. The molecule has 0 spiro atoms. The Morgan fingerprint density at radius 3 is 1.72 bits per heavy atom. The number of carbonyl (C=O) groups is 1. The van der Waals surface area contributed by atoms with Crippen molar-refractivity contribution in [2.45, 2.75) is 193 Å². The molecule has 50 heavy (non-hydrogen) atoms. The molecule has 3 N–H and O–H groups in total. The Morgan fingerprint density at radius 1 is 0.680 bits per heavy atom. The van der Waals surface area contributed by atoms with Crippen LogP contribution in [0.4, 0.5) is 0 Å². The van der Waals surface area contributed by atoms with Crippen molar-refractivity contribution < 1.29 is 32.9 Å².